The van der Waals surface area contributed by atoms with Crippen LogP contribution >= 0.6 is 23.7 Å². The summed E-state index contributed by atoms with van der Waals surface area (Å²) >= 11 is 1.55. The minimum absolute atomic E-state index is 0. The van der Waals surface area contributed by atoms with Crippen LogP contribution in [0, 0.1) is 5.92 Å². The third-order valence-corrected chi connectivity index (χ3v) is 6.90. The fraction of sp³-hybridized carbons (Fsp3) is 0.529. The highest BCUT2D eigenvalue weighted by molar-refractivity contribution is 7.20. The molecular formula is C17H20ClN3OS. The summed E-state index contributed by atoms with van der Waals surface area (Å²) in [6.45, 7) is 2.46. The number of fused-ring (bicyclic) bond motifs is 3. The Bertz CT molecular complexity index is 716. The zero-order valence-electron chi connectivity index (χ0n) is 12.8. The molecule has 0 unspecified atom stereocenters. The molecule has 3 aliphatic heterocycles. The molecule has 4 nitrogen and oxygen atoms in total. The van der Waals surface area contributed by atoms with Crippen molar-refractivity contribution in [2.24, 2.45) is 5.92 Å². The van der Waals surface area contributed by atoms with Gasteiger partial charge in [-0.3, -0.25) is 14.7 Å². The summed E-state index contributed by atoms with van der Waals surface area (Å²) in [7, 11) is 0. The summed E-state index contributed by atoms with van der Waals surface area (Å²) in [5.74, 6) is 0.777. The summed E-state index contributed by atoms with van der Waals surface area (Å²) in [5.41, 5.74) is 0.301. The van der Waals surface area contributed by atoms with Crippen molar-refractivity contribution < 1.29 is 4.79 Å². The predicted octanol–water partition coefficient (Wildman–Crippen LogP) is 3.07. The van der Waals surface area contributed by atoms with E-state index in [0.29, 0.717) is 17.5 Å². The van der Waals surface area contributed by atoms with Crippen LogP contribution in [0.15, 0.2) is 24.5 Å². The monoisotopic (exact) mass is 349 g/mol. The summed E-state index contributed by atoms with van der Waals surface area (Å²) in [6, 6.07) is 4.32. The highest BCUT2D eigenvalue weighted by Gasteiger charge is 2.60. The third kappa shape index (κ3) is 2.29. The maximum absolute atomic E-state index is 12.7. The van der Waals surface area contributed by atoms with Crippen LogP contribution in [0.3, 0.4) is 0 Å². The van der Waals surface area contributed by atoms with E-state index >= 15 is 0 Å². The van der Waals surface area contributed by atoms with Crippen molar-refractivity contribution in [2.75, 3.05) is 13.1 Å². The molecule has 2 bridgehead atoms. The molecule has 23 heavy (non-hydrogen) atoms. The molecular weight excluding hydrogens is 330 g/mol. The molecule has 1 spiro atoms. The van der Waals surface area contributed by atoms with Crippen LogP contribution in [0.1, 0.15) is 35.4 Å². The van der Waals surface area contributed by atoms with Crippen molar-refractivity contribution in [3.63, 3.8) is 0 Å². The van der Waals surface area contributed by atoms with E-state index in [2.05, 4.69) is 15.2 Å². The standard InChI is InChI=1S/C17H19N3OS.ClH/c21-16(13-9-12-1-6-18-10-14(12)22-13)19-15-11-2-7-20(8-3-11)17(15)4-5-17;/h1,6,9-11,15H,2-5,7-8H2,(H,19,21);1H/t15-;/m1./s1. The largest absolute Gasteiger partial charge is 0.346 e. The lowest BCUT2D eigenvalue weighted by Gasteiger charge is -2.52. The minimum atomic E-state index is 0. The Kier molecular flexibility index (Phi) is 3.63. The van der Waals surface area contributed by atoms with Crippen molar-refractivity contribution in [3.8, 4) is 0 Å². The zero-order valence-corrected chi connectivity index (χ0v) is 14.5. The number of aromatic nitrogens is 1. The van der Waals surface area contributed by atoms with Gasteiger partial charge in [0.1, 0.15) is 0 Å². The van der Waals surface area contributed by atoms with Gasteiger partial charge in [-0.25, -0.2) is 0 Å². The number of pyridine rings is 1. The Morgan fingerprint density at radius 1 is 1.35 bits per heavy atom. The fourth-order valence-corrected chi connectivity index (χ4v) is 5.46. The fourth-order valence-electron chi connectivity index (χ4n) is 4.53. The molecule has 1 aliphatic carbocycles. The second kappa shape index (κ2) is 5.43. The van der Waals surface area contributed by atoms with Gasteiger partial charge in [0.25, 0.3) is 5.91 Å². The van der Waals surface area contributed by atoms with Gasteiger partial charge in [0.2, 0.25) is 0 Å². The number of carbonyl (C=O) groups is 1. The average Bonchev–Trinajstić information content (AvgIpc) is 3.20. The summed E-state index contributed by atoms with van der Waals surface area (Å²) in [5, 5.41) is 4.50. The Morgan fingerprint density at radius 2 is 2.13 bits per heavy atom. The molecule has 1 amide bonds. The zero-order chi connectivity index (χ0) is 14.7. The predicted molar refractivity (Wildman–Crippen MR) is 94.4 cm³/mol. The van der Waals surface area contributed by atoms with Gasteiger partial charge in [0.05, 0.1) is 15.6 Å². The van der Waals surface area contributed by atoms with E-state index in [9.17, 15) is 4.79 Å². The Labute approximate surface area is 145 Å². The SMILES string of the molecule is Cl.O=C(N[C@@H]1C2CCN(CC2)C12CC2)c1cc2ccncc2s1. The van der Waals surface area contributed by atoms with Gasteiger partial charge < -0.3 is 5.32 Å². The number of nitrogens with one attached hydrogen (secondary N) is 1. The van der Waals surface area contributed by atoms with Gasteiger partial charge >= 0.3 is 0 Å². The lowest BCUT2D eigenvalue weighted by atomic mass is 9.77. The second-order valence-electron chi connectivity index (χ2n) is 6.90. The van der Waals surface area contributed by atoms with E-state index in [1.54, 1.807) is 17.5 Å². The van der Waals surface area contributed by atoms with E-state index < -0.39 is 0 Å². The van der Waals surface area contributed by atoms with Gasteiger partial charge in [0, 0.05) is 17.9 Å². The van der Waals surface area contributed by atoms with Gasteiger partial charge in [-0.05, 0) is 62.2 Å². The first-order valence-corrected chi connectivity index (χ1v) is 8.97. The first-order valence-electron chi connectivity index (χ1n) is 8.16. The summed E-state index contributed by atoms with van der Waals surface area (Å²) < 4.78 is 1.09. The maximum Gasteiger partial charge on any atom is 0.261 e. The first-order chi connectivity index (χ1) is 10.8. The highest BCUT2D eigenvalue weighted by atomic mass is 35.5. The number of piperidine rings is 3. The van der Waals surface area contributed by atoms with Crippen LogP contribution in [-0.4, -0.2) is 40.5 Å². The van der Waals surface area contributed by atoms with E-state index in [1.807, 2.05) is 18.3 Å². The van der Waals surface area contributed by atoms with Gasteiger partial charge in [-0.1, -0.05) is 0 Å². The Balaban J connectivity index is 0.00000135. The normalized spacial score (nSPS) is 30.2. The molecule has 0 aromatic carbocycles. The molecule has 122 valence electrons. The molecule has 1 N–H and O–H groups in total. The van der Waals surface area contributed by atoms with Crippen molar-refractivity contribution in [1.29, 1.82) is 0 Å². The number of hydrogen-bond acceptors (Lipinski definition) is 4. The molecule has 2 aromatic heterocycles. The average molecular weight is 350 g/mol. The van der Waals surface area contributed by atoms with E-state index in [-0.39, 0.29) is 18.3 Å². The number of thiophene rings is 1. The summed E-state index contributed by atoms with van der Waals surface area (Å²) in [4.78, 5) is 20.3. The Morgan fingerprint density at radius 3 is 2.83 bits per heavy atom. The first kappa shape index (κ1) is 15.4. The van der Waals surface area contributed by atoms with Crippen LogP contribution in [0.25, 0.3) is 10.1 Å². The van der Waals surface area contributed by atoms with Crippen molar-refractivity contribution in [1.82, 2.24) is 15.2 Å². The molecule has 6 rings (SSSR count). The number of halogens is 1. The molecule has 1 atom stereocenters. The highest BCUT2D eigenvalue weighted by Crippen LogP contribution is 2.53. The number of carbonyl (C=O) groups excluding carboxylic acids is 1. The molecule has 3 saturated heterocycles. The van der Waals surface area contributed by atoms with E-state index in [4.69, 9.17) is 0 Å². The van der Waals surface area contributed by atoms with E-state index in [1.165, 1.54) is 38.8 Å². The summed E-state index contributed by atoms with van der Waals surface area (Å²) in [6.07, 6.45) is 8.61. The molecule has 4 aliphatic rings. The van der Waals surface area contributed by atoms with Crippen LogP contribution in [0.4, 0.5) is 0 Å². The van der Waals surface area contributed by atoms with Crippen LogP contribution < -0.4 is 5.32 Å². The van der Waals surface area contributed by atoms with Gasteiger partial charge in [-0.2, -0.15) is 0 Å². The third-order valence-electron chi connectivity index (χ3n) is 5.82. The Hall–Kier alpha value is -1.17. The number of nitrogens with zero attached hydrogens (tertiary/aromatic N) is 2. The smallest absolute Gasteiger partial charge is 0.261 e. The number of hydrogen-bond donors (Lipinski definition) is 1. The second-order valence-corrected chi connectivity index (χ2v) is 7.99. The number of amides is 1. The van der Waals surface area contributed by atoms with Crippen molar-refractivity contribution >= 4 is 39.7 Å². The molecule has 1 saturated carbocycles. The topological polar surface area (TPSA) is 45.2 Å². The van der Waals surface area contributed by atoms with Gasteiger partial charge in [-0.15, -0.1) is 23.7 Å². The molecule has 0 radical (unpaired) electrons. The minimum Gasteiger partial charge on any atom is -0.346 e. The molecule has 4 fully saturated rings. The van der Waals surface area contributed by atoms with Crippen molar-refractivity contribution in [3.05, 3.63) is 29.4 Å². The van der Waals surface area contributed by atoms with E-state index in [0.717, 1.165) is 15.0 Å². The molecule has 5 heterocycles. The molecule has 6 heteroatoms. The van der Waals surface area contributed by atoms with Crippen molar-refractivity contribution in [2.45, 2.75) is 37.3 Å². The lowest BCUT2D eigenvalue weighted by molar-refractivity contribution is -0.00138. The molecule has 2 aromatic rings. The van der Waals surface area contributed by atoms with Crippen LogP contribution in [0.5, 0.6) is 0 Å². The van der Waals surface area contributed by atoms with Crippen LogP contribution in [-0.2, 0) is 0 Å². The number of rotatable bonds is 2. The quantitative estimate of drug-likeness (QED) is 0.906. The van der Waals surface area contributed by atoms with Gasteiger partial charge in [0.15, 0.2) is 0 Å². The van der Waals surface area contributed by atoms with Crippen LogP contribution in [0.2, 0.25) is 0 Å². The lowest BCUT2D eigenvalue weighted by Crippen LogP contribution is -2.65. The maximum atomic E-state index is 12.7.